The molecule has 0 amide bonds. The van der Waals surface area contributed by atoms with E-state index in [1.54, 1.807) is 0 Å². The molecule has 112 valence electrons. The van der Waals surface area contributed by atoms with Gasteiger partial charge in [0.2, 0.25) is 0 Å². The zero-order valence-electron chi connectivity index (χ0n) is 12.7. The number of rotatable bonds is 4. The maximum Gasteiger partial charge on any atom is 0.137 e. The molecule has 2 aromatic heterocycles. The molecule has 0 aliphatic carbocycles. The Morgan fingerprint density at radius 2 is 2.05 bits per heavy atom. The Morgan fingerprint density at radius 3 is 2.91 bits per heavy atom. The van der Waals surface area contributed by atoms with Gasteiger partial charge < -0.3 is 4.98 Å². The molecule has 1 aliphatic rings. The number of hydrogen-bond acceptors (Lipinski definition) is 2. The van der Waals surface area contributed by atoms with Crippen LogP contribution in [-0.4, -0.2) is 28.0 Å². The molecule has 0 spiro atoms. The number of H-pyrrole nitrogens is 1. The number of aromatic nitrogens is 2. The fourth-order valence-corrected chi connectivity index (χ4v) is 3.50. The van der Waals surface area contributed by atoms with Crippen LogP contribution in [0, 0.1) is 5.92 Å². The Balaban J connectivity index is 1.38. The first kappa shape index (κ1) is 13.5. The van der Waals surface area contributed by atoms with Crippen molar-refractivity contribution in [3.8, 4) is 0 Å². The van der Waals surface area contributed by atoms with E-state index < -0.39 is 0 Å². The van der Waals surface area contributed by atoms with Crippen molar-refractivity contribution < 1.29 is 0 Å². The second kappa shape index (κ2) is 5.93. The smallest absolute Gasteiger partial charge is 0.137 e. The van der Waals surface area contributed by atoms with Gasteiger partial charge >= 0.3 is 0 Å². The van der Waals surface area contributed by atoms with Crippen LogP contribution in [0.15, 0.2) is 54.7 Å². The topological polar surface area (TPSA) is 31.9 Å². The van der Waals surface area contributed by atoms with Gasteiger partial charge in [-0.05, 0) is 49.1 Å². The van der Waals surface area contributed by atoms with Gasteiger partial charge in [-0.1, -0.05) is 30.3 Å². The van der Waals surface area contributed by atoms with Crippen molar-refractivity contribution in [2.45, 2.75) is 19.4 Å². The Labute approximate surface area is 131 Å². The average Bonchev–Trinajstić information content (AvgIpc) is 3.14. The van der Waals surface area contributed by atoms with Gasteiger partial charge in [0.25, 0.3) is 0 Å². The number of likely N-dealkylation sites (tertiary alicyclic amines) is 1. The normalized spacial score (nSPS) is 19.0. The van der Waals surface area contributed by atoms with E-state index in [-0.39, 0.29) is 0 Å². The van der Waals surface area contributed by atoms with E-state index in [1.165, 1.54) is 36.2 Å². The van der Waals surface area contributed by atoms with Gasteiger partial charge in [0.15, 0.2) is 0 Å². The minimum Gasteiger partial charge on any atom is -0.343 e. The molecule has 1 unspecified atom stereocenters. The molecule has 0 saturated carbocycles. The van der Waals surface area contributed by atoms with E-state index in [0.29, 0.717) is 0 Å². The summed E-state index contributed by atoms with van der Waals surface area (Å²) in [6, 6.07) is 17.1. The zero-order chi connectivity index (χ0) is 14.8. The average molecular weight is 291 g/mol. The van der Waals surface area contributed by atoms with Crippen LogP contribution >= 0.6 is 0 Å². The molecule has 3 heterocycles. The molecule has 1 aromatic carbocycles. The van der Waals surface area contributed by atoms with E-state index in [9.17, 15) is 0 Å². The third-order valence-electron chi connectivity index (χ3n) is 4.58. The molecular weight excluding hydrogens is 270 g/mol. The Hall–Kier alpha value is -2.13. The van der Waals surface area contributed by atoms with Gasteiger partial charge in [0.1, 0.15) is 5.65 Å². The minimum atomic E-state index is 0.747. The van der Waals surface area contributed by atoms with Crippen molar-refractivity contribution in [3.63, 3.8) is 0 Å². The van der Waals surface area contributed by atoms with Crippen molar-refractivity contribution in [3.05, 3.63) is 66.0 Å². The van der Waals surface area contributed by atoms with Crippen LogP contribution in [0.4, 0.5) is 0 Å². The predicted molar refractivity (Wildman–Crippen MR) is 89.6 cm³/mol. The molecule has 3 aromatic rings. The summed E-state index contributed by atoms with van der Waals surface area (Å²) in [7, 11) is 0. The third kappa shape index (κ3) is 2.90. The lowest BCUT2D eigenvalue weighted by molar-refractivity contribution is 0.316. The summed E-state index contributed by atoms with van der Waals surface area (Å²) in [5.74, 6) is 0.747. The summed E-state index contributed by atoms with van der Waals surface area (Å²) in [5.41, 5.74) is 3.75. The van der Waals surface area contributed by atoms with Crippen molar-refractivity contribution >= 4 is 11.0 Å². The van der Waals surface area contributed by atoms with Crippen molar-refractivity contribution in [1.29, 1.82) is 0 Å². The van der Waals surface area contributed by atoms with E-state index in [2.05, 4.69) is 57.3 Å². The van der Waals surface area contributed by atoms with Crippen molar-refractivity contribution in [1.82, 2.24) is 14.9 Å². The van der Waals surface area contributed by atoms with Gasteiger partial charge in [0.05, 0.1) is 0 Å². The van der Waals surface area contributed by atoms with Crippen LogP contribution in [0.5, 0.6) is 0 Å². The molecule has 3 heteroatoms. The highest BCUT2D eigenvalue weighted by Gasteiger charge is 2.23. The number of benzene rings is 1. The van der Waals surface area contributed by atoms with Crippen LogP contribution in [0.3, 0.4) is 0 Å². The first-order valence-electron chi connectivity index (χ1n) is 8.06. The Kier molecular flexibility index (Phi) is 3.65. The maximum absolute atomic E-state index is 4.38. The molecule has 1 aliphatic heterocycles. The predicted octanol–water partition coefficient (Wildman–Crippen LogP) is 3.63. The quantitative estimate of drug-likeness (QED) is 0.796. The van der Waals surface area contributed by atoms with Crippen LogP contribution in [0.1, 0.15) is 17.7 Å². The third-order valence-corrected chi connectivity index (χ3v) is 4.58. The van der Waals surface area contributed by atoms with E-state index in [1.807, 2.05) is 12.3 Å². The first-order chi connectivity index (χ1) is 10.9. The maximum atomic E-state index is 4.38. The molecule has 1 saturated heterocycles. The Morgan fingerprint density at radius 1 is 1.14 bits per heavy atom. The molecular formula is C19H21N3. The minimum absolute atomic E-state index is 0.747. The van der Waals surface area contributed by atoms with Crippen molar-refractivity contribution in [2.24, 2.45) is 5.92 Å². The second-order valence-electron chi connectivity index (χ2n) is 6.32. The van der Waals surface area contributed by atoms with Gasteiger partial charge in [0, 0.05) is 30.4 Å². The lowest BCUT2D eigenvalue weighted by Crippen LogP contribution is -2.20. The number of nitrogens with one attached hydrogen (secondary N) is 1. The van der Waals surface area contributed by atoms with Gasteiger partial charge in [-0.3, -0.25) is 4.90 Å². The van der Waals surface area contributed by atoms with Gasteiger partial charge in [-0.2, -0.15) is 0 Å². The number of aromatic amines is 1. The fraction of sp³-hybridized carbons (Fsp3) is 0.316. The van der Waals surface area contributed by atoms with Gasteiger partial charge in [-0.15, -0.1) is 0 Å². The molecule has 4 rings (SSSR count). The van der Waals surface area contributed by atoms with Crippen LogP contribution in [-0.2, 0) is 13.0 Å². The van der Waals surface area contributed by atoms with Crippen LogP contribution < -0.4 is 0 Å². The monoisotopic (exact) mass is 291 g/mol. The summed E-state index contributed by atoms with van der Waals surface area (Å²) >= 11 is 0. The summed E-state index contributed by atoms with van der Waals surface area (Å²) in [6.45, 7) is 3.47. The lowest BCUT2D eigenvalue weighted by Gasteiger charge is -2.15. The lowest BCUT2D eigenvalue weighted by atomic mass is 10.0. The highest BCUT2D eigenvalue weighted by atomic mass is 15.1. The van der Waals surface area contributed by atoms with E-state index in [0.717, 1.165) is 24.5 Å². The SMILES string of the molecule is c1ccc(CN2CCC(Cc3cc4cccnc4[nH]3)C2)cc1. The molecule has 0 radical (unpaired) electrons. The highest BCUT2D eigenvalue weighted by Crippen LogP contribution is 2.23. The Bertz CT molecular complexity index is 714. The molecule has 1 fully saturated rings. The summed E-state index contributed by atoms with van der Waals surface area (Å²) in [6.07, 6.45) is 4.26. The molecule has 3 nitrogen and oxygen atoms in total. The summed E-state index contributed by atoms with van der Waals surface area (Å²) in [5, 5.41) is 1.22. The largest absolute Gasteiger partial charge is 0.343 e. The molecule has 22 heavy (non-hydrogen) atoms. The standard InChI is InChI=1S/C19H21N3/c1-2-5-15(6-3-1)13-22-10-8-16(14-22)11-18-12-17-7-4-9-20-19(17)21-18/h1-7,9,12,16H,8,10-11,13-14H2,(H,20,21). The molecule has 0 bridgehead atoms. The zero-order valence-corrected chi connectivity index (χ0v) is 12.7. The summed E-state index contributed by atoms with van der Waals surface area (Å²) < 4.78 is 0. The number of pyridine rings is 1. The van der Waals surface area contributed by atoms with E-state index in [4.69, 9.17) is 0 Å². The molecule has 1 atom stereocenters. The number of nitrogens with zero attached hydrogens (tertiary/aromatic N) is 2. The number of hydrogen-bond donors (Lipinski definition) is 1. The van der Waals surface area contributed by atoms with Crippen molar-refractivity contribution in [2.75, 3.05) is 13.1 Å². The fourth-order valence-electron chi connectivity index (χ4n) is 3.50. The highest BCUT2D eigenvalue weighted by molar-refractivity contribution is 5.76. The van der Waals surface area contributed by atoms with Crippen LogP contribution in [0.2, 0.25) is 0 Å². The first-order valence-corrected chi connectivity index (χ1v) is 8.06. The molecule has 1 N–H and O–H groups in total. The summed E-state index contributed by atoms with van der Waals surface area (Å²) in [4.78, 5) is 10.4. The van der Waals surface area contributed by atoms with E-state index >= 15 is 0 Å². The number of fused-ring (bicyclic) bond motifs is 1. The van der Waals surface area contributed by atoms with Crippen LogP contribution in [0.25, 0.3) is 11.0 Å². The second-order valence-corrected chi connectivity index (χ2v) is 6.32. The van der Waals surface area contributed by atoms with Gasteiger partial charge in [-0.25, -0.2) is 4.98 Å².